The molecule has 1 aliphatic heterocycles. The van der Waals surface area contributed by atoms with Crippen LogP contribution >= 0.6 is 12.4 Å². The van der Waals surface area contributed by atoms with Crippen LogP contribution in [0.5, 0.6) is 5.75 Å². The first kappa shape index (κ1) is 20.7. The number of piperidine rings is 1. The minimum atomic E-state index is 0. The molecule has 2 aromatic carbocycles. The van der Waals surface area contributed by atoms with Gasteiger partial charge < -0.3 is 15.4 Å². The number of nitrogens with one attached hydrogen (secondary N) is 2. The molecule has 2 aliphatic rings. The quantitative estimate of drug-likeness (QED) is 0.773. The van der Waals surface area contributed by atoms with Gasteiger partial charge in [0.15, 0.2) is 0 Å². The Morgan fingerprint density at radius 2 is 1.89 bits per heavy atom. The van der Waals surface area contributed by atoms with Crippen LogP contribution in [0.15, 0.2) is 54.6 Å². The topological polar surface area (TPSA) is 50.4 Å². The Bertz CT molecular complexity index is 766. The van der Waals surface area contributed by atoms with Crippen molar-refractivity contribution in [1.82, 2.24) is 10.6 Å². The SMILES string of the molecule is CC1CCNCC1NC(=O)C1CC1c1ccc(OCc2ccccc2)cc1.Cl. The lowest BCUT2D eigenvalue weighted by Crippen LogP contribution is -2.50. The van der Waals surface area contributed by atoms with Gasteiger partial charge in [0.1, 0.15) is 12.4 Å². The Morgan fingerprint density at radius 3 is 2.61 bits per heavy atom. The van der Waals surface area contributed by atoms with Crippen LogP contribution in [0.3, 0.4) is 0 Å². The number of hydrogen-bond acceptors (Lipinski definition) is 3. The van der Waals surface area contributed by atoms with Crippen LogP contribution in [0.1, 0.15) is 36.8 Å². The summed E-state index contributed by atoms with van der Waals surface area (Å²) >= 11 is 0. The summed E-state index contributed by atoms with van der Waals surface area (Å²) in [5.41, 5.74) is 2.39. The van der Waals surface area contributed by atoms with E-state index in [1.807, 2.05) is 30.3 Å². The second kappa shape index (κ2) is 9.44. The van der Waals surface area contributed by atoms with Crippen LogP contribution in [0.25, 0.3) is 0 Å². The number of amides is 1. The molecular formula is C23H29ClN2O2. The Labute approximate surface area is 173 Å². The van der Waals surface area contributed by atoms with E-state index >= 15 is 0 Å². The lowest BCUT2D eigenvalue weighted by molar-refractivity contribution is -0.123. The van der Waals surface area contributed by atoms with Gasteiger partial charge >= 0.3 is 0 Å². The first-order valence-electron chi connectivity index (χ1n) is 9.98. The average Bonchev–Trinajstić information content (AvgIpc) is 3.50. The minimum absolute atomic E-state index is 0. The molecule has 2 aromatic rings. The summed E-state index contributed by atoms with van der Waals surface area (Å²) in [4.78, 5) is 12.6. The van der Waals surface area contributed by atoms with Crippen LogP contribution in [0.2, 0.25) is 0 Å². The molecule has 1 heterocycles. The molecule has 28 heavy (non-hydrogen) atoms. The molecule has 1 aliphatic carbocycles. The molecule has 150 valence electrons. The summed E-state index contributed by atoms with van der Waals surface area (Å²) in [6.45, 7) is 4.74. The van der Waals surface area contributed by atoms with Crippen molar-refractivity contribution >= 4 is 18.3 Å². The van der Waals surface area contributed by atoms with Gasteiger partial charge in [-0.1, -0.05) is 49.4 Å². The standard InChI is InChI=1S/C23H28N2O2.ClH/c1-16-11-12-24-14-22(16)25-23(26)21-13-20(21)18-7-9-19(10-8-18)27-15-17-5-3-2-4-6-17;/h2-10,16,20-22,24H,11-15H2,1H3,(H,25,26);1H. The molecule has 0 aromatic heterocycles. The van der Waals surface area contributed by atoms with E-state index in [2.05, 4.69) is 41.8 Å². The molecule has 5 heteroatoms. The maximum Gasteiger partial charge on any atom is 0.224 e. The van der Waals surface area contributed by atoms with Gasteiger partial charge in [-0.05, 0) is 54.5 Å². The number of carbonyl (C=O) groups is 1. The maximum absolute atomic E-state index is 12.6. The summed E-state index contributed by atoms with van der Waals surface area (Å²) in [6.07, 6.45) is 2.08. The highest BCUT2D eigenvalue weighted by Gasteiger charge is 2.44. The molecule has 2 N–H and O–H groups in total. The van der Waals surface area contributed by atoms with Crippen LogP contribution in [0.4, 0.5) is 0 Å². The minimum Gasteiger partial charge on any atom is -0.489 e. The van der Waals surface area contributed by atoms with Gasteiger partial charge in [0.05, 0.1) is 0 Å². The fourth-order valence-electron chi connectivity index (χ4n) is 3.88. The Kier molecular flexibility index (Phi) is 6.97. The van der Waals surface area contributed by atoms with Crippen LogP contribution < -0.4 is 15.4 Å². The van der Waals surface area contributed by atoms with Crippen molar-refractivity contribution in [2.45, 2.75) is 38.3 Å². The predicted molar refractivity (Wildman–Crippen MR) is 114 cm³/mol. The van der Waals surface area contributed by atoms with Gasteiger partial charge in [0, 0.05) is 18.5 Å². The largest absolute Gasteiger partial charge is 0.489 e. The zero-order valence-electron chi connectivity index (χ0n) is 16.3. The van der Waals surface area contributed by atoms with Crippen molar-refractivity contribution in [3.8, 4) is 5.75 Å². The summed E-state index contributed by atoms with van der Waals surface area (Å²) in [7, 11) is 0. The van der Waals surface area contributed by atoms with E-state index in [1.54, 1.807) is 0 Å². The second-order valence-corrected chi connectivity index (χ2v) is 7.88. The van der Waals surface area contributed by atoms with Crippen molar-refractivity contribution in [3.05, 3.63) is 65.7 Å². The lowest BCUT2D eigenvalue weighted by Gasteiger charge is -2.30. The predicted octanol–water partition coefficient (Wildman–Crippen LogP) is 3.91. The Morgan fingerprint density at radius 1 is 1.14 bits per heavy atom. The number of rotatable bonds is 6. The Hall–Kier alpha value is -2.04. The van der Waals surface area contributed by atoms with Crippen molar-refractivity contribution in [3.63, 3.8) is 0 Å². The van der Waals surface area contributed by atoms with Gasteiger partial charge in [0.2, 0.25) is 5.91 Å². The van der Waals surface area contributed by atoms with Crippen molar-refractivity contribution in [2.24, 2.45) is 11.8 Å². The number of benzene rings is 2. The van der Waals surface area contributed by atoms with E-state index in [1.165, 1.54) is 5.56 Å². The lowest BCUT2D eigenvalue weighted by atomic mass is 9.94. The molecule has 4 unspecified atom stereocenters. The third-order valence-electron chi connectivity index (χ3n) is 5.84. The highest BCUT2D eigenvalue weighted by Crippen LogP contribution is 2.48. The summed E-state index contributed by atoms with van der Waals surface area (Å²) in [6, 6.07) is 18.7. The van der Waals surface area contributed by atoms with Crippen LogP contribution in [-0.4, -0.2) is 25.0 Å². The smallest absolute Gasteiger partial charge is 0.224 e. The van der Waals surface area contributed by atoms with E-state index < -0.39 is 0 Å². The maximum atomic E-state index is 12.6. The molecule has 0 bridgehead atoms. The van der Waals surface area contributed by atoms with Gasteiger partial charge in [0.25, 0.3) is 0 Å². The summed E-state index contributed by atoms with van der Waals surface area (Å²) < 4.78 is 5.85. The first-order chi connectivity index (χ1) is 13.2. The van der Waals surface area contributed by atoms with E-state index in [-0.39, 0.29) is 30.3 Å². The highest BCUT2D eigenvalue weighted by atomic mass is 35.5. The third-order valence-corrected chi connectivity index (χ3v) is 5.84. The molecule has 1 amide bonds. The fraction of sp³-hybridized carbons (Fsp3) is 0.435. The molecular weight excluding hydrogens is 372 g/mol. The molecule has 2 fully saturated rings. The zero-order valence-corrected chi connectivity index (χ0v) is 17.1. The summed E-state index contributed by atoms with van der Waals surface area (Å²) in [5.74, 6) is 2.10. The molecule has 0 spiro atoms. The van der Waals surface area contributed by atoms with Crippen molar-refractivity contribution in [1.29, 1.82) is 0 Å². The normalized spacial score (nSPS) is 26.0. The number of halogens is 1. The van der Waals surface area contributed by atoms with Crippen LogP contribution in [0, 0.1) is 11.8 Å². The second-order valence-electron chi connectivity index (χ2n) is 7.88. The number of carbonyl (C=O) groups excluding carboxylic acids is 1. The van der Waals surface area contributed by atoms with Gasteiger partial charge in [-0.2, -0.15) is 0 Å². The summed E-state index contributed by atoms with van der Waals surface area (Å²) in [5, 5.41) is 6.63. The molecule has 4 rings (SSSR count). The number of hydrogen-bond donors (Lipinski definition) is 2. The Balaban J connectivity index is 0.00000225. The molecule has 4 nitrogen and oxygen atoms in total. The third kappa shape index (κ3) is 5.06. The van der Waals surface area contributed by atoms with Crippen LogP contribution in [-0.2, 0) is 11.4 Å². The monoisotopic (exact) mass is 400 g/mol. The molecule has 1 saturated carbocycles. The van der Waals surface area contributed by atoms with Crippen molar-refractivity contribution in [2.75, 3.05) is 13.1 Å². The van der Waals surface area contributed by atoms with E-state index in [0.717, 1.165) is 37.2 Å². The van der Waals surface area contributed by atoms with Gasteiger partial charge in [-0.3, -0.25) is 4.79 Å². The van der Waals surface area contributed by atoms with E-state index in [9.17, 15) is 4.79 Å². The first-order valence-corrected chi connectivity index (χ1v) is 9.98. The zero-order chi connectivity index (χ0) is 18.6. The fourth-order valence-corrected chi connectivity index (χ4v) is 3.88. The average molecular weight is 401 g/mol. The van der Waals surface area contributed by atoms with E-state index in [0.29, 0.717) is 18.4 Å². The van der Waals surface area contributed by atoms with E-state index in [4.69, 9.17) is 4.74 Å². The van der Waals surface area contributed by atoms with Gasteiger partial charge in [-0.15, -0.1) is 12.4 Å². The molecule has 1 saturated heterocycles. The van der Waals surface area contributed by atoms with Crippen molar-refractivity contribution < 1.29 is 9.53 Å². The molecule has 0 radical (unpaired) electrons. The molecule has 4 atom stereocenters. The highest BCUT2D eigenvalue weighted by molar-refractivity contribution is 5.85. The van der Waals surface area contributed by atoms with Gasteiger partial charge in [-0.25, -0.2) is 0 Å². The number of ether oxygens (including phenoxy) is 1.